The lowest BCUT2D eigenvalue weighted by Crippen LogP contribution is -1.97. The molecule has 0 saturated heterocycles. The SMILES string of the molecule is CC(C)CCSc1ccc(CN)c2ccccc12. The number of rotatable bonds is 5. The van der Waals surface area contributed by atoms with Gasteiger partial charge in [0.2, 0.25) is 0 Å². The summed E-state index contributed by atoms with van der Waals surface area (Å²) in [5, 5.41) is 2.64. The van der Waals surface area contributed by atoms with Crippen molar-refractivity contribution in [3.8, 4) is 0 Å². The summed E-state index contributed by atoms with van der Waals surface area (Å²) in [7, 11) is 0. The Bertz CT molecular complexity index is 519. The second-order valence-electron chi connectivity index (χ2n) is 5.00. The summed E-state index contributed by atoms with van der Waals surface area (Å²) < 4.78 is 0. The molecule has 0 saturated carbocycles. The maximum Gasteiger partial charge on any atom is 0.0184 e. The van der Waals surface area contributed by atoms with Crippen LogP contribution in [0.1, 0.15) is 25.8 Å². The average molecular weight is 259 g/mol. The van der Waals surface area contributed by atoms with Crippen LogP contribution in [0.5, 0.6) is 0 Å². The molecule has 1 nitrogen and oxygen atoms in total. The van der Waals surface area contributed by atoms with E-state index in [1.807, 2.05) is 11.8 Å². The Labute approximate surface area is 114 Å². The highest BCUT2D eigenvalue weighted by Crippen LogP contribution is 2.30. The molecule has 0 atom stereocenters. The number of fused-ring (bicyclic) bond motifs is 1. The first kappa shape index (κ1) is 13.4. The predicted molar refractivity (Wildman–Crippen MR) is 82.0 cm³/mol. The highest BCUT2D eigenvalue weighted by Gasteiger charge is 2.05. The quantitative estimate of drug-likeness (QED) is 0.803. The molecule has 0 heterocycles. The van der Waals surface area contributed by atoms with Crippen molar-refractivity contribution in [1.29, 1.82) is 0 Å². The Morgan fingerprint density at radius 2 is 1.78 bits per heavy atom. The third kappa shape index (κ3) is 3.06. The number of nitrogens with two attached hydrogens (primary N) is 1. The highest BCUT2D eigenvalue weighted by atomic mass is 32.2. The van der Waals surface area contributed by atoms with E-state index in [-0.39, 0.29) is 0 Å². The lowest BCUT2D eigenvalue weighted by atomic mass is 10.0. The van der Waals surface area contributed by atoms with Crippen LogP contribution < -0.4 is 5.73 Å². The van der Waals surface area contributed by atoms with Crippen molar-refractivity contribution in [2.75, 3.05) is 5.75 Å². The first-order valence-corrected chi connectivity index (χ1v) is 7.54. The van der Waals surface area contributed by atoms with Gasteiger partial charge in [-0.1, -0.05) is 44.2 Å². The van der Waals surface area contributed by atoms with E-state index in [1.54, 1.807) is 0 Å². The molecular weight excluding hydrogens is 238 g/mol. The van der Waals surface area contributed by atoms with Crippen molar-refractivity contribution in [2.45, 2.75) is 31.7 Å². The minimum atomic E-state index is 0.609. The van der Waals surface area contributed by atoms with Crippen molar-refractivity contribution in [3.05, 3.63) is 42.0 Å². The van der Waals surface area contributed by atoms with Gasteiger partial charge < -0.3 is 5.73 Å². The van der Waals surface area contributed by atoms with Crippen LogP contribution in [0.25, 0.3) is 10.8 Å². The minimum Gasteiger partial charge on any atom is -0.326 e. The van der Waals surface area contributed by atoms with Crippen LogP contribution in [-0.2, 0) is 6.54 Å². The topological polar surface area (TPSA) is 26.0 Å². The molecular formula is C16H21NS. The molecule has 0 aliphatic rings. The van der Waals surface area contributed by atoms with Crippen LogP contribution >= 0.6 is 11.8 Å². The molecule has 0 bridgehead atoms. The zero-order chi connectivity index (χ0) is 13.0. The van der Waals surface area contributed by atoms with E-state index in [1.165, 1.54) is 33.4 Å². The molecule has 0 radical (unpaired) electrons. The van der Waals surface area contributed by atoms with Gasteiger partial charge >= 0.3 is 0 Å². The van der Waals surface area contributed by atoms with Crippen molar-refractivity contribution < 1.29 is 0 Å². The zero-order valence-electron chi connectivity index (χ0n) is 11.1. The van der Waals surface area contributed by atoms with Crippen molar-refractivity contribution in [1.82, 2.24) is 0 Å². The van der Waals surface area contributed by atoms with Crippen LogP contribution in [0.3, 0.4) is 0 Å². The maximum atomic E-state index is 5.80. The molecule has 96 valence electrons. The molecule has 2 N–H and O–H groups in total. The molecule has 0 aromatic heterocycles. The van der Waals surface area contributed by atoms with Gasteiger partial charge in [-0.3, -0.25) is 0 Å². The summed E-state index contributed by atoms with van der Waals surface area (Å²) in [6.07, 6.45) is 1.26. The lowest BCUT2D eigenvalue weighted by molar-refractivity contribution is 0.632. The first-order valence-electron chi connectivity index (χ1n) is 6.56. The average Bonchev–Trinajstić information content (AvgIpc) is 2.38. The van der Waals surface area contributed by atoms with Gasteiger partial charge in [0, 0.05) is 11.4 Å². The van der Waals surface area contributed by atoms with Crippen LogP contribution in [-0.4, -0.2) is 5.75 Å². The summed E-state index contributed by atoms with van der Waals surface area (Å²) in [5.74, 6) is 1.95. The molecule has 0 amide bonds. The molecule has 2 aromatic carbocycles. The van der Waals surface area contributed by atoms with Gasteiger partial charge in [-0.25, -0.2) is 0 Å². The number of thioether (sulfide) groups is 1. The highest BCUT2D eigenvalue weighted by molar-refractivity contribution is 7.99. The monoisotopic (exact) mass is 259 g/mol. The lowest BCUT2D eigenvalue weighted by Gasteiger charge is -2.10. The van der Waals surface area contributed by atoms with Gasteiger partial charge in [0.1, 0.15) is 0 Å². The van der Waals surface area contributed by atoms with Crippen LogP contribution in [0, 0.1) is 5.92 Å². The molecule has 18 heavy (non-hydrogen) atoms. The largest absolute Gasteiger partial charge is 0.326 e. The minimum absolute atomic E-state index is 0.609. The molecule has 0 fully saturated rings. The summed E-state index contributed by atoms with van der Waals surface area (Å²) in [5.41, 5.74) is 7.03. The van der Waals surface area contributed by atoms with Crippen molar-refractivity contribution >= 4 is 22.5 Å². The fraction of sp³-hybridized carbons (Fsp3) is 0.375. The summed E-state index contributed by atoms with van der Waals surface area (Å²) in [6, 6.07) is 12.9. The Morgan fingerprint density at radius 1 is 1.06 bits per heavy atom. The van der Waals surface area contributed by atoms with Gasteiger partial charge in [0.05, 0.1) is 0 Å². The number of hydrogen-bond donors (Lipinski definition) is 1. The standard InChI is InChI=1S/C16H21NS/c1-12(2)9-10-18-16-8-7-13(11-17)14-5-3-4-6-15(14)16/h3-8,12H,9-11,17H2,1-2H3. The van der Waals surface area contributed by atoms with E-state index < -0.39 is 0 Å². The summed E-state index contributed by atoms with van der Waals surface area (Å²) in [6.45, 7) is 5.16. The third-order valence-electron chi connectivity index (χ3n) is 3.15. The first-order chi connectivity index (χ1) is 8.72. The summed E-state index contributed by atoms with van der Waals surface area (Å²) >= 11 is 1.96. The Morgan fingerprint density at radius 3 is 2.44 bits per heavy atom. The van der Waals surface area contributed by atoms with Crippen molar-refractivity contribution in [2.24, 2.45) is 11.7 Å². The Balaban J connectivity index is 2.28. The van der Waals surface area contributed by atoms with E-state index in [0.29, 0.717) is 6.54 Å². The second kappa shape index (κ2) is 6.26. The van der Waals surface area contributed by atoms with E-state index in [2.05, 4.69) is 50.2 Å². The molecule has 0 aliphatic heterocycles. The molecule has 0 unspecified atom stereocenters. The molecule has 0 aliphatic carbocycles. The Hall–Kier alpha value is -0.990. The van der Waals surface area contributed by atoms with Crippen LogP contribution in [0.2, 0.25) is 0 Å². The smallest absolute Gasteiger partial charge is 0.0184 e. The van der Waals surface area contributed by atoms with Gasteiger partial charge in [-0.2, -0.15) is 0 Å². The van der Waals surface area contributed by atoms with Gasteiger partial charge in [-0.05, 0) is 40.5 Å². The molecule has 2 aromatic rings. The van der Waals surface area contributed by atoms with Gasteiger partial charge in [-0.15, -0.1) is 11.8 Å². The normalized spacial score (nSPS) is 11.3. The van der Waals surface area contributed by atoms with E-state index in [9.17, 15) is 0 Å². The number of hydrogen-bond acceptors (Lipinski definition) is 2. The van der Waals surface area contributed by atoms with E-state index in [4.69, 9.17) is 5.73 Å². The Kier molecular flexibility index (Phi) is 4.67. The molecule has 2 heteroatoms. The van der Waals surface area contributed by atoms with E-state index >= 15 is 0 Å². The second-order valence-corrected chi connectivity index (χ2v) is 6.14. The predicted octanol–water partition coefficient (Wildman–Crippen LogP) is 4.44. The zero-order valence-corrected chi connectivity index (χ0v) is 12.0. The molecule has 0 spiro atoms. The fourth-order valence-electron chi connectivity index (χ4n) is 2.04. The van der Waals surface area contributed by atoms with Gasteiger partial charge in [0.15, 0.2) is 0 Å². The van der Waals surface area contributed by atoms with Crippen LogP contribution in [0.15, 0.2) is 41.3 Å². The maximum absolute atomic E-state index is 5.80. The van der Waals surface area contributed by atoms with Crippen molar-refractivity contribution in [3.63, 3.8) is 0 Å². The summed E-state index contributed by atoms with van der Waals surface area (Å²) in [4.78, 5) is 1.38. The van der Waals surface area contributed by atoms with Crippen LogP contribution in [0.4, 0.5) is 0 Å². The number of benzene rings is 2. The molecule has 2 rings (SSSR count). The third-order valence-corrected chi connectivity index (χ3v) is 4.25. The van der Waals surface area contributed by atoms with Gasteiger partial charge in [0.25, 0.3) is 0 Å². The van der Waals surface area contributed by atoms with E-state index in [0.717, 1.165) is 5.92 Å². The fourth-order valence-corrected chi connectivity index (χ4v) is 3.35.